The van der Waals surface area contributed by atoms with Gasteiger partial charge in [-0.3, -0.25) is 4.79 Å². The number of rotatable bonds is 7. The molecule has 5 nitrogen and oxygen atoms in total. The summed E-state index contributed by atoms with van der Waals surface area (Å²) >= 11 is 0. The Hall–Kier alpha value is -0.830. The summed E-state index contributed by atoms with van der Waals surface area (Å²) < 4.78 is 59.4. The zero-order valence-corrected chi connectivity index (χ0v) is 10.1. The van der Waals surface area contributed by atoms with Gasteiger partial charge in [0.2, 0.25) is 15.9 Å². The van der Waals surface area contributed by atoms with Gasteiger partial charge in [-0.05, 0) is 6.92 Å². The van der Waals surface area contributed by atoms with Crippen LogP contribution < -0.4 is 10.0 Å². The molecule has 17 heavy (non-hydrogen) atoms. The van der Waals surface area contributed by atoms with E-state index in [1.165, 1.54) is 0 Å². The van der Waals surface area contributed by atoms with E-state index in [-0.39, 0.29) is 6.42 Å². The van der Waals surface area contributed by atoms with Crippen LogP contribution in [-0.4, -0.2) is 39.3 Å². The van der Waals surface area contributed by atoms with Gasteiger partial charge in [-0.25, -0.2) is 13.1 Å². The SMILES string of the molecule is CCNC(=O)CCS(=O)(=O)NCCC(F)(F)F. The van der Waals surface area contributed by atoms with E-state index < -0.39 is 40.8 Å². The maximum Gasteiger partial charge on any atom is 0.390 e. The molecule has 0 atom stereocenters. The lowest BCUT2D eigenvalue weighted by molar-refractivity contribution is -0.132. The van der Waals surface area contributed by atoms with E-state index in [0.29, 0.717) is 6.54 Å². The van der Waals surface area contributed by atoms with Crippen molar-refractivity contribution in [3.8, 4) is 0 Å². The maximum atomic E-state index is 11.7. The topological polar surface area (TPSA) is 75.3 Å². The first-order chi connectivity index (χ1) is 7.66. The minimum Gasteiger partial charge on any atom is -0.356 e. The van der Waals surface area contributed by atoms with Crippen molar-refractivity contribution < 1.29 is 26.4 Å². The molecule has 0 heterocycles. The first-order valence-corrected chi connectivity index (χ1v) is 6.62. The van der Waals surface area contributed by atoms with Crippen molar-refractivity contribution in [2.24, 2.45) is 0 Å². The highest BCUT2D eigenvalue weighted by atomic mass is 32.2. The van der Waals surface area contributed by atoms with Crippen molar-refractivity contribution in [1.82, 2.24) is 10.0 Å². The van der Waals surface area contributed by atoms with Crippen LogP contribution in [0.5, 0.6) is 0 Å². The highest BCUT2D eigenvalue weighted by molar-refractivity contribution is 7.89. The standard InChI is InChI=1S/C8H15F3N2O3S/c1-2-12-7(14)3-6-17(15,16)13-5-4-8(9,10)11/h13H,2-6H2,1H3,(H,12,14). The molecule has 0 aliphatic carbocycles. The predicted molar refractivity (Wildman–Crippen MR) is 55.8 cm³/mol. The molecule has 0 unspecified atom stereocenters. The molecule has 0 aliphatic rings. The summed E-state index contributed by atoms with van der Waals surface area (Å²) in [6, 6.07) is 0. The Bertz CT molecular complexity index is 340. The second-order valence-corrected chi connectivity index (χ2v) is 5.21. The molecule has 0 rings (SSSR count). The molecule has 1 amide bonds. The van der Waals surface area contributed by atoms with Crippen molar-refractivity contribution >= 4 is 15.9 Å². The molecule has 0 aromatic carbocycles. The lowest BCUT2D eigenvalue weighted by Crippen LogP contribution is -2.32. The molecular formula is C8H15F3N2O3S. The molecule has 0 spiro atoms. The van der Waals surface area contributed by atoms with Crippen LogP contribution in [0.4, 0.5) is 13.2 Å². The number of nitrogens with one attached hydrogen (secondary N) is 2. The lowest BCUT2D eigenvalue weighted by atomic mass is 10.4. The normalized spacial score (nSPS) is 12.5. The largest absolute Gasteiger partial charge is 0.390 e. The Kier molecular flexibility index (Phi) is 6.46. The second-order valence-electron chi connectivity index (χ2n) is 3.28. The van der Waals surface area contributed by atoms with E-state index in [0.717, 1.165) is 0 Å². The minimum absolute atomic E-state index is 0.269. The van der Waals surface area contributed by atoms with Gasteiger partial charge in [-0.1, -0.05) is 0 Å². The number of hydrogen-bond donors (Lipinski definition) is 2. The van der Waals surface area contributed by atoms with Gasteiger partial charge >= 0.3 is 6.18 Å². The van der Waals surface area contributed by atoms with Gasteiger partial charge in [-0.15, -0.1) is 0 Å². The van der Waals surface area contributed by atoms with E-state index >= 15 is 0 Å². The minimum atomic E-state index is -4.40. The van der Waals surface area contributed by atoms with Crippen molar-refractivity contribution in [3.05, 3.63) is 0 Å². The van der Waals surface area contributed by atoms with Crippen molar-refractivity contribution in [2.45, 2.75) is 25.9 Å². The van der Waals surface area contributed by atoms with Crippen LogP contribution in [-0.2, 0) is 14.8 Å². The zero-order chi connectivity index (χ0) is 13.5. The van der Waals surface area contributed by atoms with Gasteiger partial charge in [0.05, 0.1) is 12.2 Å². The van der Waals surface area contributed by atoms with Gasteiger partial charge in [-0.2, -0.15) is 13.2 Å². The second kappa shape index (κ2) is 6.80. The molecule has 0 bridgehead atoms. The Labute approximate surface area is 97.8 Å². The lowest BCUT2D eigenvalue weighted by Gasteiger charge is -2.08. The summed E-state index contributed by atoms with van der Waals surface area (Å²) in [4.78, 5) is 10.9. The fourth-order valence-electron chi connectivity index (χ4n) is 0.933. The molecule has 2 N–H and O–H groups in total. The molecule has 0 aromatic rings. The molecule has 0 fully saturated rings. The first kappa shape index (κ1) is 16.2. The average molecular weight is 276 g/mol. The number of hydrogen-bond acceptors (Lipinski definition) is 3. The van der Waals surface area contributed by atoms with Gasteiger partial charge in [0, 0.05) is 19.5 Å². The first-order valence-electron chi connectivity index (χ1n) is 4.97. The van der Waals surface area contributed by atoms with Gasteiger partial charge in [0.25, 0.3) is 0 Å². The van der Waals surface area contributed by atoms with Gasteiger partial charge in [0.15, 0.2) is 0 Å². The summed E-state index contributed by atoms with van der Waals surface area (Å²) in [6.45, 7) is 1.34. The van der Waals surface area contributed by atoms with Crippen LogP contribution in [0.25, 0.3) is 0 Å². The third-order valence-corrected chi connectivity index (χ3v) is 3.09. The summed E-state index contributed by atoms with van der Waals surface area (Å²) in [6.07, 6.45) is -5.90. The molecular weight excluding hydrogens is 261 g/mol. The number of carbonyl (C=O) groups is 1. The monoisotopic (exact) mass is 276 g/mol. The number of sulfonamides is 1. The van der Waals surface area contributed by atoms with Crippen LogP contribution in [0.2, 0.25) is 0 Å². The summed E-state index contributed by atoms with van der Waals surface area (Å²) in [5.41, 5.74) is 0. The number of halogens is 3. The predicted octanol–water partition coefficient (Wildman–Crippen LogP) is 0.384. The molecule has 0 saturated carbocycles. The van der Waals surface area contributed by atoms with E-state index in [1.807, 2.05) is 0 Å². The number of amides is 1. The quantitative estimate of drug-likeness (QED) is 0.706. The number of alkyl halides is 3. The fraction of sp³-hybridized carbons (Fsp3) is 0.875. The molecule has 102 valence electrons. The average Bonchev–Trinajstić information content (AvgIpc) is 2.13. The van der Waals surface area contributed by atoms with E-state index in [1.54, 1.807) is 11.6 Å². The smallest absolute Gasteiger partial charge is 0.356 e. The third kappa shape index (κ3) is 10.1. The van der Waals surface area contributed by atoms with Crippen molar-refractivity contribution in [3.63, 3.8) is 0 Å². The van der Waals surface area contributed by atoms with Crippen molar-refractivity contribution in [1.29, 1.82) is 0 Å². The van der Waals surface area contributed by atoms with E-state index in [4.69, 9.17) is 0 Å². The van der Waals surface area contributed by atoms with Gasteiger partial charge < -0.3 is 5.32 Å². The molecule has 0 saturated heterocycles. The van der Waals surface area contributed by atoms with E-state index in [2.05, 4.69) is 5.32 Å². The molecule has 0 radical (unpaired) electrons. The van der Waals surface area contributed by atoms with Crippen LogP contribution in [0, 0.1) is 0 Å². The Morgan fingerprint density at radius 2 is 1.88 bits per heavy atom. The Morgan fingerprint density at radius 1 is 1.29 bits per heavy atom. The van der Waals surface area contributed by atoms with Crippen molar-refractivity contribution in [2.75, 3.05) is 18.8 Å². The summed E-state index contributed by atoms with van der Waals surface area (Å²) in [7, 11) is -3.83. The highest BCUT2D eigenvalue weighted by Gasteiger charge is 2.27. The zero-order valence-electron chi connectivity index (χ0n) is 9.30. The van der Waals surface area contributed by atoms with Crippen LogP contribution >= 0.6 is 0 Å². The summed E-state index contributed by atoms with van der Waals surface area (Å²) in [5.74, 6) is -0.967. The summed E-state index contributed by atoms with van der Waals surface area (Å²) in [5, 5.41) is 2.39. The third-order valence-electron chi connectivity index (χ3n) is 1.70. The molecule has 0 aromatic heterocycles. The number of carbonyl (C=O) groups excluding carboxylic acids is 1. The molecule has 9 heteroatoms. The fourth-order valence-corrected chi connectivity index (χ4v) is 1.94. The highest BCUT2D eigenvalue weighted by Crippen LogP contribution is 2.18. The Balaban J connectivity index is 3.93. The van der Waals surface area contributed by atoms with Crippen LogP contribution in [0.1, 0.15) is 19.8 Å². The van der Waals surface area contributed by atoms with E-state index in [9.17, 15) is 26.4 Å². The van der Waals surface area contributed by atoms with Crippen LogP contribution in [0.3, 0.4) is 0 Å². The van der Waals surface area contributed by atoms with Gasteiger partial charge in [0.1, 0.15) is 0 Å². The van der Waals surface area contributed by atoms with Crippen LogP contribution in [0.15, 0.2) is 0 Å². The maximum absolute atomic E-state index is 11.7. The Morgan fingerprint density at radius 3 is 2.35 bits per heavy atom. The molecule has 0 aliphatic heterocycles.